The number of aryl methyl sites for hydroxylation is 1. The first-order valence-electron chi connectivity index (χ1n) is 8.54. The van der Waals surface area contributed by atoms with Crippen LogP contribution in [0.4, 0.5) is 0 Å². The molecule has 1 saturated carbocycles. The molecule has 2 rings (SSSR count). The van der Waals surface area contributed by atoms with Gasteiger partial charge in [-0.2, -0.15) is 0 Å². The van der Waals surface area contributed by atoms with Crippen molar-refractivity contribution in [2.24, 2.45) is 5.92 Å². The topological polar surface area (TPSA) is 57.6 Å². The van der Waals surface area contributed by atoms with Crippen LogP contribution in [-0.2, 0) is 9.84 Å². The molecule has 0 bridgehead atoms. The maximum absolute atomic E-state index is 12.3. The van der Waals surface area contributed by atoms with Crippen molar-refractivity contribution >= 4 is 9.84 Å². The zero-order valence-electron chi connectivity index (χ0n) is 14.2. The summed E-state index contributed by atoms with van der Waals surface area (Å²) in [5, 5.41) is 10.0. The number of nitrogens with zero attached hydrogens (tertiary/aromatic N) is 1. The van der Waals surface area contributed by atoms with Crippen LogP contribution in [0, 0.1) is 12.8 Å². The zero-order valence-corrected chi connectivity index (χ0v) is 15.1. The van der Waals surface area contributed by atoms with Crippen LogP contribution < -0.4 is 0 Å². The smallest absolute Gasteiger partial charge is 0.178 e. The molecule has 4 nitrogen and oxygen atoms in total. The van der Waals surface area contributed by atoms with Gasteiger partial charge in [0.2, 0.25) is 0 Å². The summed E-state index contributed by atoms with van der Waals surface area (Å²) in [4.78, 5) is 2.57. The number of aliphatic hydroxyl groups is 1. The van der Waals surface area contributed by atoms with Gasteiger partial charge in [0.05, 0.1) is 16.8 Å². The average Bonchev–Trinajstić information content (AvgIpc) is 2.50. The Labute approximate surface area is 140 Å². The predicted octanol–water partition coefficient (Wildman–Crippen LogP) is 2.64. The SMILES string of the molecule is Cc1ccc(S(=O)(=O)CCCN(C)CC2CCCCC2O)cc1. The molecular formula is C18H29NO3S. The van der Waals surface area contributed by atoms with Crippen LogP contribution in [0.2, 0.25) is 0 Å². The van der Waals surface area contributed by atoms with Crippen LogP contribution in [0.15, 0.2) is 29.2 Å². The molecular weight excluding hydrogens is 310 g/mol. The lowest BCUT2D eigenvalue weighted by molar-refractivity contribution is 0.0515. The van der Waals surface area contributed by atoms with E-state index in [1.165, 1.54) is 6.42 Å². The van der Waals surface area contributed by atoms with E-state index >= 15 is 0 Å². The average molecular weight is 340 g/mol. The van der Waals surface area contributed by atoms with E-state index in [9.17, 15) is 13.5 Å². The molecule has 0 aliphatic heterocycles. The van der Waals surface area contributed by atoms with Gasteiger partial charge in [-0.3, -0.25) is 0 Å². The second kappa shape index (κ2) is 8.27. The van der Waals surface area contributed by atoms with Crippen molar-refractivity contribution in [1.82, 2.24) is 4.90 Å². The molecule has 0 aromatic heterocycles. The van der Waals surface area contributed by atoms with Gasteiger partial charge < -0.3 is 10.0 Å². The molecule has 1 fully saturated rings. The first-order chi connectivity index (χ1) is 10.9. The van der Waals surface area contributed by atoms with E-state index in [0.29, 0.717) is 17.2 Å². The number of hydrogen-bond donors (Lipinski definition) is 1. The van der Waals surface area contributed by atoms with Crippen molar-refractivity contribution in [1.29, 1.82) is 0 Å². The molecule has 0 heterocycles. The van der Waals surface area contributed by atoms with Gasteiger partial charge in [-0.1, -0.05) is 30.5 Å². The summed E-state index contributed by atoms with van der Waals surface area (Å²) in [7, 11) is -1.18. The van der Waals surface area contributed by atoms with Gasteiger partial charge in [0.15, 0.2) is 9.84 Å². The van der Waals surface area contributed by atoms with Crippen LogP contribution >= 0.6 is 0 Å². The molecule has 1 aliphatic rings. The summed E-state index contributed by atoms with van der Waals surface area (Å²) < 4.78 is 24.6. The Morgan fingerprint density at radius 3 is 2.48 bits per heavy atom. The first kappa shape index (κ1) is 18.4. The van der Waals surface area contributed by atoms with E-state index in [2.05, 4.69) is 4.90 Å². The second-order valence-electron chi connectivity index (χ2n) is 6.86. The highest BCUT2D eigenvalue weighted by atomic mass is 32.2. The number of aliphatic hydroxyl groups excluding tert-OH is 1. The van der Waals surface area contributed by atoms with Crippen molar-refractivity contribution in [3.63, 3.8) is 0 Å². The molecule has 0 radical (unpaired) electrons. The summed E-state index contributed by atoms with van der Waals surface area (Å²) in [5.41, 5.74) is 1.06. The van der Waals surface area contributed by atoms with Gasteiger partial charge in [0, 0.05) is 6.54 Å². The van der Waals surface area contributed by atoms with E-state index < -0.39 is 9.84 Å². The third-order valence-corrected chi connectivity index (χ3v) is 6.56. The first-order valence-corrected chi connectivity index (χ1v) is 10.2. The molecule has 1 aromatic rings. The van der Waals surface area contributed by atoms with Crippen molar-refractivity contribution in [3.8, 4) is 0 Å². The lowest BCUT2D eigenvalue weighted by atomic mass is 9.86. The van der Waals surface area contributed by atoms with E-state index in [0.717, 1.165) is 37.9 Å². The highest BCUT2D eigenvalue weighted by Gasteiger charge is 2.24. The van der Waals surface area contributed by atoms with Crippen LogP contribution in [0.1, 0.15) is 37.7 Å². The van der Waals surface area contributed by atoms with E-state index in [-0.39, 0.29) is 11.9 Å². The van der Waals surface area contributed by atoms with E-state index in [4.69, 9.17) is 0 Å². The van der Waals surface area contributed by atoms with E-state index in [1.54, 1.807) is 12.1 Å². The van der Waals surface area contributed by atoms with Crippen molar-refractivity contribution < 1.29 is 13.5 Å². The Morgan fingerprint density at radius 1 is 1.17 bits per heavy atom. The quantitative estimate of drug-likeness (QED) is 0.830. The fraction of sp³-hybridized carbons (Fsp3) is 0.667. The van der Waals surface area contributed by atoms with Crippen molar-refractivity contribution in [2.75, 3.05) is 25.9 Å². The van der Waals surface area contributed by atoms with Gasteiger partial charge in [-0.05, 0) is 57.8 Å². The standard InChI is InChI=1S/C18H29NO3S/c1-15-8-10-17(11-9-15)23(21,22)13-5-12-19(2)14-16-6-3-4-7-18(16)20/h8-11,16,18,20H,3-7,12-14H2,1-2H3. The van der Waals surface area contributed by atoms with Crippen LogP contribution in [0.3, 0.4) is 0 Å². The third kappa shape index (κ3) is 5.59. The zero-order chi connectivity index (χ0) is 16.9. The number of benzene rings is 1. The Hall–Kier alpha value is -0.910. The highest BCUT2D eigenvalue weighted by Crippen LogP contribution is 2.25. The second-order valence-corrected chi connectivity index (χ2v) is 8.97. The Balaban J connectivity index is 1.78. The monoisotopic (exact) mass is 339 g/mol. The minimum atomic E-state index is -3.19. The number of sulfone groups is 1. The van der Waals surface area contributed by atoms with Crippen LogP contribution in [0.25, 0.3) is 0 Å². The summed E-state index contributed by atoms with van der Waals surface area (Å²) >= 11 is 0. The Morgan fingerprint density at radius 2 is 1.83 bits per heavy atom. The highest BCUT2D eigenvalue weighted by molar-refractivity contribution is 7.91. The van der Waals surface area contributed by atoms with Crippen LogP contribution in [-0.4, -0.2) is 50.4 Å². The molecule has 2 unspecified atom stereocenters. The molecule has 0 saturated heterocycles. The van der Waals surface area contributed by atoms with Gasteiger partial charge in [0.1, 0.15) is 0 Å². The molecule has 0 amide bonds. The normalized spacial score (nSPS) is 22.4. The number of hydrogen-bond acceptors (Lipinski definition) is 4. The molecule has 1 N–H and O–H groups in total. The van der Waals surface area contributed by atoms with Crippen molar-refractivity contribution in [3.05, 3.63) is 29.8 Å². The summed E-state index contributed by atoms with van der Waals surface area (Å²) in [6.45, 7) is 3.55. The van der Waals surface area contributed by atoms with Gasteiger partial charge >= 0.3 is 0 Å². The third-order valence-electron chi connectivity index (χ3n) is 4.75. The van der Waals surface area contributed by atoms with Gasteiger partial charge in [-0.25, -0.2) is 8.42 Å². The molecule has 5 heteroatoms. The lowest BCUT2D eigenvalue weighted by Gasteiger charge is -2.31. The van der Waals surface area contributed by atoms with Gasteiger partial charge in [0.25, 0.3) is 0 Å². The maximum atomic E-state index is 12.3. The molecule has 23 heavy (non-hydrogen) atoms. The summed E-state index contributed by atoms with van der Waals surface area (Å²) in [6, 6.07) is 7.05. The fourth-order valence-corrected chi connectivity index (χ4v) is 4.58. The largest absolute Gasteiger partial charge is 0.393 e. The molecule has 0 spiro atoms. The molecule has 2 atom stereocenters. The fourth-order valence-electron chi connectivity index (χ4n) is 3.28. The predicted molar refractivity (Wildman–Crippen MR) is 93.3 cm³/mol. The molecule has 1 aliphatic carbocycles. The minimum Gasteiger partial charge on any atom is -0.393 e. The molecule has 130 valence electrons. The Bertz CT molecular complexity index is 583. The summed E-state index contributed by atoms with van der Waals surface area (Å²) in [6.07, 6.45) is 4.72. The number of rotatable bonds is 7. The Kier molecular flexibility index (Phi) is 6.62. The van der Waals surface area contributed by atoms with Gasteiger partial charge in [-0.15, -0.1) is 0 Å². The minimum absolute atomic E-state index is 0.174. The summed E-state index contributed by atoms with van der Waals surface area (Å²) in [5.74, 6) is 0.510. The molecule has 1 aromatic carbocycles. The van der Waals surface area contributed by atoms with E-state index in [1.807, 2.05) is 26.1 Å². The van der Waals surface area contributed by atoms with Crippen LogP contribution in [0.5, 0.6) is 0 Å². The van der Waals surface area contributed by atoms with Crippen molar-refractivity contribution in [2.45, 2.75) is 50.0 Å². The maximum Gasteiger partial charge on any atom is 0.178 e. The lowest BCUT2D eigenvalue weighted by Crippen LogP contribution is -2.35.